The van der Waals surface area contributed by atoms with Gasteiger partial charge < -0.3 is 10.3 Å². The molecule has 8 heteroatoms. The molecule has 1 aliphatic rings. The van der Waals surface area contributed by atoms with Crippen molar-refractivity contribution in [2.75, 3.05) is 0 Å². The van der Waals surface area contributed by atoms with Crippen LogP contribution in [0.1, 0.15) is 57.3 Å². The molecular formula is C20H25F3N4O. The highest BCUT2D eigenvalue weighted by Gasteiger charge is 2.46. The fourth-order valence-electron chi connectivity index (χ4n) is 4.29. The molecule has 152 valence electrons. The Morgan fingerprint density at radius 2 is 1.79 bits per heavy atom. The molecule has 0 saturated heterocycles. The van der Waals surface area contributed by atoms with Crippen LogP contribution >= 0.6 is 0 Å². The topological polar surface area (TPSA) is 73.8 Å². The molecule has 0 bridgehead atoms. The van der Waals surface area contributed by atoms with Gasteiger partial charge in [-0.05, 0) is 38.2 Å². The molecule has 1 heterocycles. The monoisotopic (exact) mass is 394 g/mol. The molecule has 28 heavy (non-hydrogen) atoms. The van der Waals surface area contributed by atoms with E-state index in [1.165, 1.54) is 12.1 Å². The largest absolute Gasteiger partial charge is 0.417 e. The number of aromatic nitrogens is 3. The third kappa shape index (κ3) is 3.29. The van der Waals surface area contributed by atoms with Crippen LogP contribution in [-0.4, -0.2) is 20.7 Å². The van der Waals surface area contributed by atoms with Gasteiger partial charge in [0, 0.05) is 23.4 Å². The first-order valence-electron chi connectivity index (χ1n) is 9.40. The van der Waals surface area contributed by atoms with Gasteiger partial charge in [-0.3, -0.25) is 4.79 Å². The van der Waals surface area contributed by atoms with Gasteiger partial charge >= 0.3 is 6.18 Å². The Morgan fingerprint density at radius 3 is 2.32 bits per heavy atom. The molecule has 1 fully saturated rings. The molecule has 0 spiro atoms. The zero-order chi connectivity index (χ0) is 20.7. The molecule has 1 saturated carbocycles. The standard InChI is InChI=1S/C20H25F3N4O/c1-4-19(16(24)28)11-9-18(2,10-12-19)17-26-25-15(27(17)3)13-7-5-6-8-14(13)20(21,22)23/h5-8H,4,9-12H2,1-3H3,(H2,24,28). The number of carbonyl (C=O) groups excluding carboxylic acids is 1. The minimum Gasteiger partial charge on any atom is -0.369 e. The van der Waals surface area contributed by atoms with E-state index in [1.807, 2.05) is 13.8 Å². The smallest absolute Gasteiger partial charge is 0.369 e. The normalized spacial score (nSPS) is 25.6. The summed E-state index contributed by atoms with van der Waals surface area (Å²) in [7, 11) is 1.69. The van der Waals surface area contributed by atoms with Crippen molar-refractivity contribution in [1.82, 2.24) is 14.8 Å². The highest BCUT2D eigenvalue weighted by Crippen LogP contribution is 2.48. The molecule has 5 nitrogen and oxygen atoms in total. The van der Waals surface area contributed by atoms with E-state index in [1.54, 1.807) is 17.7 Å². The van der Waals surface area contributed by atoms with E-state index in [-0.39, 0.29) is 22.7 Å². The number of primary amides is 1. The van der Waals surface area contributed by atoms with Crippen molar-refractivity contribution in [2.24, 2.45) is 18.2 Å². The third-order valence-corrected chi connectivity index (χ3v) is 6.40. The second-order valence-corrected chi connectivity index (χ2v) is 8.01. The van der Waals surface area contributed by atoms with E-state index in [0.717, 1.165) is 6.07 Å². The van der Waals surface area contributed by atoms with E-state index in [0.29, 0.717) is 37.9 Å². The van der Waals surface area contributed by atoms with Crippen molar-refractivity contribution in [3.05, 3.63) is 35.7 Å². The number of amides is 1. The van der Waals surface area contributed by atoms with Gasteiger partial charge in [-0.15, -0.1) is 10.2 Å². The lowest BCUT2D eigenvalue weighted by Gasteiger charge is -2.42. The Kier molecular flexibility index (Phi) is 5.02. The number of hydrogen-bond acceptors (Lipinski definition) is 3. The minimum atomic E-state index is -4.47. The first-order valence-corrected chi connectivity index (χ1v) is 9.40. The SMILES string of the molecule is CCC1(C(N)=O)CCC(C)(c2nnc(-c3ccccc3C(F)(F)F)n2C)CC1. The Balaban J connectivity index is 1.96. The number of benzene rings is 1. The molecular weight excluding hydrogens is 369 g/mol. The van der Waals surface area contributed by atoms with Crippen molar-refractivity contribution in [1.29, 1.82) is 0 Å². The second kappa shape index (κ2) is 6.90. The summed E-state index contributed by atoms with van der Waals surface area (Å²) in [6.45, 7) is 3.99. The number of hydrogen-bond donors (Lipinski definition) is 1. The van der Waals surface area contributed by atoms with Gasteiger partial charge in [0.25, 0.3) is 0 Å². The van der Waals surface area contributed by atoms with E-state index >= 15 is 0 Å². The van der Waals surface area contributed by atoms with Crippen LogP contribution in [-0.2, 0) is 23.4 Å². The Morgan fingerprint density at radius 1 is 1.18 bits per heavy atom. The van der Waals surface area contributed by atoms with Gasteiger partial charge in [-0.2, -0.15) is 13.2 Å². The lowest BCUT2D eigenvalue weighted by atomic mass is 9.62. The van der Waals surface area contributed by atoms with Crippen LogP contribution in [0.15, 0.2) is 24.3 Å². The maximum atomic E-state index is 13.4. The van der Waals surface area contributed by atoms with E-state index < -0.39 is 17.2 Å². The average Bonchev–Trinajstić information content (AvgIpc) is 3.04. The fraction of sp³-hybridized carbons (Fsp3) is 0.550. The molecule has 1 aromatic carbocycles. The van der Waals surface area contributed by atoms with Gasteiger partial charge in [-0.1, -0.05) is 32.0 Å². The Bertz CT molecular complexity index is 880. The first kappa shape index (κ1) is 20.4. The molecule has 2 N–H and O–H groups in total. The van der Waals surface area contributed by atoms with Crippen LogP contribution in [0.5, 0.6) is 0 Å². The third-order valence-electron chi connectivity index (χ3n) is 6.40. The van der Waals surface area contributed by atoms with Crippen molar-refractivity contribution in [3.63, 3.8) is 0 Å². The van der Waals surface area contributed by atoms with Gasteiger partial charge in [0.1, 0.15) is 5.82 Å². The number of alkyl halides is 3. The summed E-state index contributed by atoms with van der Waals surface area (Å²) in [5.74, 6) is 0.537. The predicted molar refractivity (Wildman–Crippen MR) is 99.2 cm³/mol. The number of nitrogens with zero attached hydrogens (tertiary/aromatic N) is 3. The summed E-state index contributed by atoms with van der Waals surface area (Å²) in [4.78, 5) is 11.9. The van der Waals surface area contributed by atoms with E-state index in [2.05, 4.69) is 10.2 Å². The summed E-state index contributed by atoms with van der Waals surface area (Å²) in [6.07, 6.45) is -1.16. The fourth-order valence-corrected chi connectivity index (χ4v) is 4.29. The number of halogens is 3. The van der Waals surface area contributed by atoms with Gasteiger partial charge in [-0.25, -0.2) is 0 Å². The highest BCUT2D eigenvalue weighted by molar-refractivity contribution is 5.80. The van der Waals surface area contributed by atoms with Gasteiger partial charge in [0.05, 0.1) is 5.56 Å². The molecule has 1 amide bonds. The Hall–Kier alpha value is -2.38. The van der Waals surface area contributed by atoms with Crippen molar-refractivity contribution in [3.8, 4) is 11.4 Å². The molecule has 0 unspecified atom stereocenters. The predicted octanol–water partition coefficient (Wildman–Crippen LogP) is 4.21. The zero-order valence-electron chi connectivity index (χ0n) is 16.3. The summed E-state index contributed by atoms with van der Waals surface area (Å²) in [5, 5.41) is 8.35. The quantitative estimate of drug-likeness (QED) is 0.844. The summed E-state index contributed by atoms with van der Waals surface area (Å²) in [6, 6.07) is 5.38. The number of nitrogens with two attached hydrogens (primary N) is 1. The van der Waals surface area contributed by atoms with Crippen molar-refractivity contribution in [2.45, 2.75) is 57.5 Å². The van der Waals surface area contributed by atoms with Gasteiger partial charge in [0.2, 0.25) is 5.91 Å². The van der Waals surface area contributed by atoms with Crippen LogP contribution in [0, 0.1) is 5.41 Å². The minimum absolute atomic E-state index is 0.00991. The zero-order valence-corrected chi connectivity index (χ0v) is 16.3. The lowest BCUT2D eigenvalue weighted by molar-refractivity contribution is -0.137. The van der Waals surface area contributed by atoms with Crippen LogP contribution in [0.4, 0.5) is 13.2 Å². The second-order valence-electron chi connectivity index (χ2n) is 8.01. The highest BCUT2D eigenvalue weighted by atomic mass is 19.4. The van der Waals surface area contributed by atoms with Crippen LogP contribution < -0.4 is 5.73 Å². The van der Waals surface area contributed by atoms with Crippen LogP contribution in [0.25, 0.3) is 11.4 Å². The molecule has 0 aliphatic heterocycles. The molecule has 2 aromatic rings. The first-order chi connectivity index (χ1) is 13.0. The van der Waals surface area contributed by atoms with Gasteiger partial charge in [0.15, 0.2) is 5.82 Å². The average molecular weight is 394 g/mol. The number of carbonyl (C=O) groups is 1. The van der Waals surface area contributed by atoms with E-state index in [4.69, 9.17) is 5.73 Å². The maximum Gasteiger partial charge on any atom is 0.417 e. The van der Waals surface area contributed by atoms with Crippen LogP contribution in [0.2, 0.25) is 0 Å². The van der Waals surface area contributed by atoms with Crippen molar-refractivity contribution >= 4 is 5.91 Å². The Labute approximate surface area is 162 Å². The summed E-state index contributed by atoms with van der Waals surface area (Å²) in [5.41, 5.74) is 4.02. The molecule has 3 rings (SSSR count). The lowest BCUT2D eigenvalue weighted by Crippen LogP contribution is -2.44. The number of rotatable bonds is 4. The molecule has 1 aliphatic carbocycles. The molecule has 1 aromatic heterocycles. The summed E-state index contributed by atoms with van der Waals surface area (Å²) >= 11 is 0. The molecule has 0 radical (unpaired) electrons. The maximum absolute atomic E-state index is 13.4. The summed E-state index contributed by atoms with van der Waals surface area (Å²) < 4.78 is 41.9. The van der Waals surface area contributed by atoms with Crippen molar-refractivity contribution < 1.29 is 18.0 Å². The van der Waals surface area contributed by atoms with Crippen LogP contribution in [0.3, 0.4) is 0 Å². The molecule has 0 atom stereocenters. The van der Waals surface area contributed by atoms with E-state index in [9.17, 15) is 18.0 Å².